The first-order valence-electron chi connectivity index (χ1n) is 11.0. The number of ether oxygens (including phenoxy) is 1. The van der Waals surface area contributed by atoms with E-state index in [1.165, 1.54) is 11.1 Å². The van der Waals surface area contributed by atoms with Crippen LogP contribution in [0, 0.1) is 6.92 Å². The number of rotatable bonds is 9. The van der Waals surface area contributed by atoms with E-state index in [4.69, 9.17) is 9.72 Å². The zero-order valence-corrected chi connectivity index (χ0v) is 19.4. The van der Waals surface area contributed by atoms with Gasteiger partial charge in [-0.3, -0.25) is 9.59 Å². The molecular weight excluding hydrogens is 432 g/mol. The highest BCUT2D eigenvalue weighted by Crippen LogP contribution is 2.31. The van der Waals surface area contributed by atoms with E-state index in [-0.39, 0.29) is 24.7 Å². The van der Waals surface area contributed by atoms with E-state index in [1.54, 1.807) is 11.3 Å². The standard InChI is InChI=1S/C27H26N2O3S/c1-19-9-14-23-24(18-19)33-27(29-23)21-10-12-22(13-11-21)28-25(30)15-16-26(31)32-17-5-8-20-6-3-2-4-7-20/h2-4,6-7,9-14,18H,5,8,15-17H2,1H3,(H,28,30). The van der Waals surface area contributed by atoms with Crippen molar-refractivity contribution in [2.45, 2.75) is 32.6 Å². The summed E-state index contributed by atoms with van der Waals surface area (Å²) in [6.45, 7) is 2.43. The van der Waals surface area contributed by atoms with E-state index >= 15 is 0 Å². The molecule has 0 saturated heterocycles. The Morgan fingerprint density at radius 2 is 1.76 bits per heavy atom. The summed E-state index contributed by atoms with van der Waals surface area (Å²) in [5.41, 5.74) is 5.12. The molecule has 0 atom stereocenters. The Bertz CT molecular complexity index is 1230. The number of carbonyl (C=O) groups excluding carboxylic acids is 2. The van der Waals surface area contributed by atoms with Crippen molar-refractivity contribution in [2.75, 3.05) is 11.9 Å². The van der Waals surface area contributed by atoms with Crippen molar-refractivity contribution < 1.29 is 14.3 Å². The summed E-state index contributed by atoms with van der Waals surface area (Å²) >= 11 is 1.65. The summed E-state index contributed by atoms with van der Waals surface area (Å²) in [5.74, 6) is -0.556. The van der Waals surface area contributed by atoms with Crippen LogP contribution in [0.25, 0.3) is 20.8 Å². The molecule has 1 heterocycles. The number of carbonyl (C=O) groups is 2. The van der Waals surface area contributed by atoms with E-state index < -0.39 is 0 Å². The highest BCUT2D eigenvalue weighted by molar-refractivity contribution is 7.21. The molecule has 168 valence electrons. The van der Waals surface area contributed by atoms with Gasteiger partial charge in [-0.25, -0.2) is 4.98 Å². The highest BCUT2D eigenvalue weighted by Gasteiger charge is 2.10. The lowest BCUT2D eigenvalue weighted by atomic mass is 10.1. The van der Waals surface area contributed by atoms with Crippen molar-refractivity contribution in [3.05, 3.63) is 83.9 Å². The molecule has 1 aromatic heterocycles. The Morgan fingerprint density at radius 3 is 2.55 bits per heavy atom. The van der Waals surface area contributed by atoms with Crippen molar-refractivity contribution in [3.8, 4) is 10.6 Å². The van der Waals surface area contributed by atoms with Crippen LogP contribution in [0.3, 0.4) is 0 Å². The third-order valence-electron chi connectivity index (χ3n) is 5.23. The monoisotopic (exact) mass is 458 g/mol. The fraction of sp³-hybridized carbons (Fsp3) is 0.222. The molecule has 4 rings (SSSR count). The lowest BCUT2D eigenvalue weighted by Gasteiger charge is -2.07. The van der Waals surface area contributed by atoms with Gasteiger partial charge in [0.25, 0.3) is 0 Å². The van der Waals surface area contributed by atoms with Crippen LogP contribution in [0.4, 0.5) is 5.69 Å². The molecule has 6 heteroatoms. The van der Waals surface area contributed by atoms with Crippen molar-refractivity contribution in [1.82, 2.24) is 4.98 Å². The van der Waals surface area contributed by atoms with Gasteiger partial charge < -0.3 is 10.1 Å². The average molecular weight is 459 g/mol. The second-order valence-electron chi connectivity index (χ2n) is 7.93. The summed E-state index contributed by atoms with van der Waals surface area (Å²) in [7, 11) is 0. The van der Waals surface area contributed by atoms with Crippen molar-refractivity contribution in [1.29, 1.82) is 0 Å². The molecule has 0 aliphatic carbocycles. The third kappa shape index (κ3) is 6.49. The maximum atomic E-state index is 12.2. The number of aromatic nitrogens is 1. The number of thiazole rings is 1. The molecule has 0 spiro atoms. The molecule has 5 nitrogen and oxygen atoms in total. The number of esters is 1. The topological polar surface area (TPSA) is 68.3 Å². The van der Waals surface area contributed by atoms with E-state index in [1.807, 2.05) is 48.5 Å². The van der Waals surface area contributed by atoms with Gasteiger partial charge in [0.05, 0.1) is 23.2 Å². The first-order chi connectivity index (χ1) is 16.1. The summed E-state index contributed by atoms with van der Waals surface area (Å²) in [5, 5.41) is 3.78. The maximum Gasteiger partial charge on any atom is 0.306 e. The zero-order chi connectivity index (χ0) is 23.0. The predicted molar refractivity (Wildman–Crippen MR) is 133 cm³/mol. The molecular formula is C27H26N2O3S. The Morgan fingerprint density at radius 1 is 0.970 bits per heavy atom. The van der Waals surface area contributed by atoms with Crippen molar-refractivity contribution in [3.63, 3.8) is 0 Å². The summed E-state index contributed by atoms with van der Waals surface area (Å²) in [6.07, 6.45) is 1.79. The van der Waals surface area contributed by atoms with Crippen LogP contribution in [0.2, 0.25) is 0 Å². The quantitative estimate of drug-likeness (QED) is 0.241. The van der Waals surface area contributed by atoms with E-state index in [2.05, 4.69) is 36.5 Å². The number of nitrogens with zero attached hydrogens (tertiary/aromatic N) is 1. The van der Waals surface area contributed by atoms with Gasteiger partial charge in [0.1, 0.15) is 5.01 Å². The summed E-state index contributed by atoms with van der Waals surface area (Å²) in [6, 6.07) is 23.9. The van der Waals surface area contributed by atoms with Crippen LogP contribution in [0.15, 0.2) is 72.8 Å². The molecule has 4 aromatic rings. The van der Waals surface area contributed by atoms with Crippen LogP contribution in [-0.2, 0) is 20.7 Å². The average Bonchev–Trinajstić information content (AvgIpc) is 3.25. The van der Waals surface area contributed by atoms with Gasteiger partial charge in [-0.05, 0) is 67.3 Å². The Hall–Kier alpha value is -3.51. The Labute approximate surface area is 197 Å². The molecule has 0 radical (unpaired) electrons. The fourth-order valence-corrected chi connectivity index (χ4v) is 4.54. The van der Waals surface area contributed by atoms with Gasteiger partial charge in [-0.15, -0.1) is 11.3 Å². The number of benzene rings is 3. The van der Waals surface area contributed by atoms with Crippen LogP contribution in [-0.4, -0.2) is 23.5 Å². The lowest BCUT2D eigenvalue weighted by molar-refractivity contribution is -0.144. The third-order valence-corrected chi connectivity index (χ3v) is 6.30. The molecule has 1 amide bonds. The smallest absolute Gasteiger partial charge is 0.306 e. The minimum Gasteiger partial charge on any atom is -0.466 e. The second kappa shape index (κ2) is 10.9. The second-order valence-corrected chi connectivity index (χ2v) is 8.96. The number of hydrogen-bond acceptors (Lipinski definition) is 5. The molecule has 0 bridgehead atoms. The molecule has 33 heavy (non-hydrogen) atoms. The maximum absolute atomic E-state index is 12.2. The molecule has 0 saturated carbocycles. The highest BCUT2D eigenvalue weighted by atomic mass is 32.1. The number of amides is 1. The summed E-state index contributed by atoms with van der Waals surface area (Å²) < 4.78 is 6.40. The molecule has 1 N–H and O–H groups in total. The first-order valence-corrected chi connectivity index (χ1v) is 11.9. The first kappa shape index (κ1) is 22.7. The van der Waals surface area contributed by atoms with Gasteiger partial charge in [0.2, 0.25) is 5.91 Å². The van der Waals surface area contributed by atoms with Gasteiger partial charge in [-0.1, -0.05) is 36.4 Å². The molecule has 3 aromatic carbocycles. The van der Waals surface area contributed by atoms with Gasteiger partial charge in [0, 0.05) is 17.7 Å². The zero-order valence-electron chi connectivity index (χ0n) is 18.5. The summed E-state index contributed by atoms with van der Waals surface area (Å²) in [4.78, 5) is 28.8. The van der Waals surface area contributed by atoms with E-state index in [9.17, 15) is 9.59 Å². The Balaban J connectivity index is 1.20. The van der Waals surface area contributed by atoms with E-state index in [0.29, 0.717) is 12.3 Å². The molecule has 0 unspecified atom stereocenters. The van der Waals surface area contributed by atoms with Gasteiger partial charge >= 0.3 is 5.97 Å². The number of aryl methyl sites for hydroxylation is 2. The predicted octanol–water partition coefficient (Wildman–Crippen LogP) is 6.17. The van der Waals surface area contributed by atoms with Crippen LogP contribution < -0.4 is 5.32 Å². The van der Waals surface area contributed by atoms with Crippen LogP contribution in [0.5, 0.6) is 0 Å². The number of fused-ring (bicyclic) bond motifs is 1. The Kier molecular flexibility index (Phi) is 7.47. The SMILES string of the molecule is Cc1ccc2nc(-c3ccc(NC(=O)CCC(=O)OCCCc4ccccc4)cc3)sc2c1. The normalized spacial score (nSPS) is 10.8. The number of nitrogens with one attached hydrogen (secondary N) is 1. The van der Waals surface area contributed by atoms with E-state index in [0.717, 1.165) is 33.6 Å². The molecule has 0 aliphatic rings. The van der Waals surface area contributed by atoms with Crippen molar-refractivity contribution >= 4 is 39.1 Å². The number of anilines is 1. The van der Waals surface area contributed by atoms with Gasteiger partial charge in [0.15, 0.2) is 0 Å². The minimum absolute atomic E-state index is 0.0698. The molecule has 0 fully saturated rings. The molecule has 0 aliphatic heterocycles. The minimum atomic E-state index is -0.348. The van der Waals surface area contributed by atoms with Crippen LogP contribution >= 0.6 is 11.3 Å². The fourth-order valence-electron chi connectivity index (χ4n) is 3.47. The largest absolute Gasteiger partial charge is 0.466 e. The van der Waals surface area contributed by atoms with Crippen molar-refractivity contribution in [2.24, 2.45) is 0 Å². The van der Waals surface area contributed by atoms with Gasteiger partial charge in [-0.2, -0.15) is 0 Å². The van der Waals surface area contributed by atoms with Crippen LogP contribution in [0.1, 0.15) is 30.4 Å². The lowest BCUT2D eigenvalue weighted by Crippen LogP contribution is -2.15. The number of hydrogen-bond donors (Lipinski definition) is 1.